The Morgan fingerprint density at radius 2 is 1.85 bits per heavy atom. The molecular weight excluding hydrogens is 346 g/mol. The van der Waals surface area contributed by atoms with Crippen molar-refractivity contribution in [1.82, 2.24) is 0 Å². The number of hydrogen-bond donors (Lipinski definition) is 0. The Bertz CT molecular complexity index is 878. The van der Waals surface area contributed by atoms with Gasteiger partial charge in [0, 0.05) is 0 Å². The van der Waals surface area contributed by atoms with Crippen molar-refractivity contribution in [2.75, 3.05) is 13.7 Å². The van der Waals surface area contributed by atoms with Crippen LogP contribution in [0.3, 0.4) is 0 Å². The molecule has 0 aliphatic carbocycles. The van der Waals surface area contributed by atoms with E-state index in [4.69, 9.17) is 14.7 Å². The highest BCUT2D eigenvalue weighted by atomic mass is 16.6. The van der Waals surface area contributed by atoms with Gasteiger partial charge in [0.05, 0.1) is 7.11 Å². The number of carbonyl (C=O) groups is 2. The van der Waals surface area contributed by atoms with Gasteiger partial charge >= 0.3 is 11.9 Å². The van der Waals surface area contributed by atoms with Crippen LogP contribution in [0.15, 0.2) is 54.1 Å². The van der Waals surface area contributed by atoms with Crippen molar-refractivity contribution in [3.63, 3.8) is 0 Å². The molecule has 2 aromatic rings. The predicted molar refractivity (Wildman–Crippen MR) is 99.0 cm³/mol. The average Bonchev–Trinajstić information content (AvgIpc) is 2.70. The first-order chi connectivity index (χ1) is 13.0. The molecule has 0 amide bonds. The maximum atomic E-state index is 12.0. The number of benzene rings is 2. The summed E-state index contributed by atoms with van der Waals surface area (Å²) in [5.74, 6) is -0.440. The smallest absolute Gasteiger partial charge is 0.349 e. The van der Waals surface area contributed by atoms with Crippen LogP contribution in [0.25, 0.3) is 6.08 Å². The van der Waals surface area contributed by atoms with Crippen LogP contribution >= 0.6 is 0 Å². The van der Waals surface area contributed by atoms with Crippen molar-refractivity contribution in [2.45, 2.75) is 13.3 Å². The molecule has 0 N–H and O–H groups in total. The number of methoxy groups -OCH3 is 1. The quantitative estimate of drug-likeness (QED) is 0.324. The number of aryl methyl sites for hydroxylation is 1. The molecule has 0 unspecified atom stereocenters. The lowest BCUT2D eigenvalue weighted by Gasteiger charge is -2.08. The molecule has 0 saturated carbocycles. The number of carbonyl (C=O) groups excluding carboxylic acids is 2. The number of esters is 2. The van der Waals surface area contributed by atoms with Gasteiger partial charge in [-0.1, -0.05) is 31.2 Å². The highest BCUT2D eigenvalue weighted by molar-refractivity contribution is 5.97. The van der Waals surface area contributed by atoms with Crippen LogP contribution in [0.2, 0.25) is 0 Å². The van der Waals surface area contributed by atoms with Gasteiger partial charge in [-0.25, -0.2) is 9.59 Å². The van der Waals surface area contributed by atoms with Gasteiger partial charge < -0.3 is 14.2 Å². The Balaban J connectivity index is 1.98. The molecule has 2 aromatic carbocycles. The van der Waals surface area contributed by atoms with E-state index in [-0.39, 0.29) is 17.9 Å². The molecule has 0 saturated heterocycles. The first kappa shape index (κ1) is 19.7. The van der Waals surface area contributed by atoms with Gasteiger partial charge in [0.2, 0.25) is 0 Å². The van der Waals surface area contributed by atoms with Crippen LogP contribution in [0, 0.1) is 11.3 Å². The van der Waals surface area contributed by atoms with Crippen molar-refractivity contribution in [2.24, 2.45) is 0 Å². The lowest BCUT2D eigenvalue weighted by atomic mass is 10.1. The van der Waals surface area contributed by atoms with Gasteiger partial charge in [0.25, 0.3) is 0 Å². The van der Waals surface area contributed by atoms with E-state index in [1.54, 1.807) is 36.4 Å². The molecule has 27 heavy (non-hydrogen) atoms. The van der Waals surface area contributed by atoms with Crippen molar-refractivity contribution in [1.29, 1.82) is 5.26 Å². The summed E-state index contributed by atoms with van der Waals surface area (Å²) in [7, 11) is 1.20. The normalized spacial score (nSPS) is 10.6. The standard InChI is InChI=1S/C21H19NO5/c1-3-15-7-9-18(10-8-15)26-14-20(23)27-19-6-4-5-16(12-19)11-17(13-22)21(24)25-2/h4-12H,3,14H2,1-2H3/b17-11+. The van der Waals surface area contributed by atoms with Gasteiger partial charge in [-0.2, -0.15) is 5.26 Å². The highest BCUT2D eigenvalue weighted by Crippen LogP contribution is 2.17. The minimum Gasteiger partial charge on any atom is -0.482 e. The molecule has 6 heteroatoms. The van der Waals surface area contributed by atoms with Gasteiger partial charge in [-0.15, -0.1) is 0 Å². The topological polar surface area (TPSA) is 85.6 Å². The molecule has 0 aliphatic heterocycles. The van der Waals surface area contributed by atoms with Gasteiger partial charge in [0.15, 0.2) is 6.61 Å². The fourth-order valence-corrected chi connectivity index (χ4v) is 2.21. The molecule has 0 bridgehead atoms. The second-order valence-electron chi connectivity index (χ2n) is 5.49. The van der Waals surface area contributed by atoms with E-state index in [1.807, 2.05) is 12.1 Å². The zero-order valence-corrected chi connectivity index (χ0v) is 15.1. The molecule has 6 nitrogen and oxygen atoms in total. The molecule has 0 atom stereocenters. The Hall–Kier alpha value is -3.59. The number of hydrogen-bond acceptors (Lipinski definition) is 6. The summed E-state index contributed by atoms with van der Waals surface area (Å²) in [5.41, 5.74) is 1.55. The van der Waals surface area contributed by atoms with E-state index in [0.29, 0.717) is 11.3 Å². The monoisotopic (exact) mass is 365 g/mol. The van der Waals surface area contributed by atoms with Crippen LogP contribution in [-0.4, -0.2) is 25.7 Å². The Morgan fingerprint density at radius 3 is 2.48 bits per heavy atom. The van der Waals surface area contributed by atoms with Crippen molar-refractivity contribution in [3.8, 4) is 17.6 Å². The molecule has 138 valence electrons. The molecule has 0 heterocycles. The predicted octanol–water partition coefficient (Wildman–Crippen LogP) is 3.31. The Labute approximate surface area is 157 Å². The SMILES string of the molecule is CCc1ccc(OCC(=O)Oc2cccc(/C=C(\C#N)C(=O)OC)c2)cc1. The molecule has 0 aromatic heterocycles. The van der Waals surface area contributed by atoms with Crippen LogP contribution in [0.4, 0.5) is 0 Å². The first-order valence-electron chi connectivity index (χ1n) is 8.28. The van der Waals surface area contributed by atoms with Crippen LogP contribution in [0.1, 0.15) is 18.1 Å². The van der Waals surface area contributed by atoms with Crippen molar-refractivity contribution in [3.05, 3.63) is 65.2 Å². The lowest BCUT2D eigenvalue weighted by Crippen LogP contribution is -2.17. The highest BCUT2D eigenvalue weighted by Gasteiger charge is 2.10. The van der Waals surface area contributed by atoms with Gasteiger partial charge in [-0.3, -0.25) is 0 Å². The third kappa shape index (κ3) is 6.01. The van der Waals surface area contributed by atoms with E-state index >= 15 is 0 Å². The minimum absolute atomic E-state index is 0.153. The van der Waals surface area contributed by atoms with Crippen molar-refractivity contribution >= 4 is 18.0 Å². The number of nitriles is 1. The molecule has 0 aliphatic rings. The lowest BCUT2D eigenvalue weighted by molar-refractivity contribution is -0.137. The van der Waals surface area contributed by atoms with Crippen LogP contribution in [0.5, 0.6) is 11.5 Å². The Morgan fingerprint density at radius 1 is 1.11 bits per heavy atom. The number of rotatable bonds is 7. The molecule has 2 rings (SSSR count). The zero-order valence-electron chi connectivity index (χ0n) is 15.1. The van der Waals surface area contributed by atoms with Crippen LogP contribution < -0.4 is 9.47 Å². The van der Waals surface area contributed by atoms with Gasteiger partial charge in [-0.05, 0) is 47.9 Å². The van der Waals surface area contributed by atoms with Gasteiger partial charge in [0.1, 0.15) is 23.1 Å². The molecular formula is C21H19NO5. The third-order valence-corrected chi connectivity index (χ3v) is 3.61. The Kier molecular flexibility index (Phi) is 7.15. The molecule has 0 spiro atoms. The second kappa shape index (κ2) is 9.78. The average molecular weight is 365 g/mol. The number of ether oxygens (including phenoxy) is 3. The van der Waals surface area contributed by atoms with E-state index < -0.39 is 11.9 Å². The summed E-state index contributed by atoms with van der Waals surface area (Å²) in [6.07, 6.45) is 2.28. The first-order valence-corrected chi connectivity index (χ1v) is 8.28. The minimum atomic E-state index is -0.734. The van der Waals surface area contributed by atoms with E-state index in [0.717, 1.165) is 6.42 Å². The summed E-state index contributed by atoms with van der Waals surface area (Å²) in [5, 5.41) is 8.99. The molecule has 0 fully saturated rings. The maximum absolute atomic E-state index is 12.0. The van der Waals surface area contributed by atoms with Crippen molar-refractivity contribution < 1.29 is 23.8 Å². The third-order valence-electron chi connectivity index (χ3n) is 3.61. The van der Waals surface area contributed by atoms with E-state index in [1.165, 1.54) is 24.8 Å². The largest absolute Gasteiger partial charge is 0.482 e. The summed E-state index contributed by atoms with van der Waals surface area (Å²) in [6, 6.07) is 15.7. The zero-order chi connectivity index (χ0) is 19.6. The summed E-state index contributed by atoms with van der Waals surface area (Å²) in [4.78, 5) is 23.4. The van der Waals surface area contributed by atoms with Crippen LogP contribution in [-0.2, 0) is 20.7 Å². The maximum Gasteiger partial charge on any atom is 0.349 e. The number of nitrogens with zero attached hydrogens (tertiary/aromatic N) is 1. The fraction of sp³-hybridized carbons (Fsp3) is 0.190. The molecule has 0 radical (unpaired) electrons. The second-order valence-corrected chi connectivity index (χ2v) is 5.49. The summed E-state index contributed by atoms with van der Waals surface area (Å²) >= 11 is 0. The van der Waals surface area contributed by atoms with E-state index in [9.17, 15) is 9.59 Å². The fourth-order valence-electron chi connectivity index (χ4n) is 2.21. The summed E-state index contributed by atoms with van der Waals surface area (Å²) in [6.45, 7) is 1.82. The van der Waals surface area contributed by atoms with E-state index in [2.05, 4.69) is 11.7 Å². The summed E-state index contributed by atoms with van der Waals surface area (Å²) < 4.78 is 15.2.